The van der Waals surface area contributed by atoms with Gasteiger partial charge in [0.15, 0.2) is 0 Å². The maximum atomic E-state index is 10.7. The van der Waals surface area contributed by atoms with Crippen LogP contribution in [0.2, 0.25) is 0 Å². The number of aliphatic hydroxyl groups excluding tert-OH is 3. The Bertz CT molecular complexity index is 348. The molecule has 5 N–H and O–H groups in total. The molecule has 0 saturated carbocycles. The molecule has 0 saturated heterocycles. The van der Waals surface area contributed by atoms with Gasteiger partial charge in [-0.15, -0.1) is 0 Å². The molecule has 0 aromatic rings. The highest BCUT2D eigenvalue weighted by molar-refractivity contribution is 7.44. The van der Waals surface area contributed by atoms with Crippen molar-refractivity contribution < 1.29 is 48.9 Å². The molecule has 4 unspecified atom stereocenters. The molecule has 10 nitrogen and oxygen atoms in total. The molecule has 0 aliphatic heterocycles. The van der Waals surface area contributed by atoms with Crippen LogP contribution in [0.25, 0.3) is 0 Å². The highest BCUT2D eigenvalue weighted by atomic mass is 31.2. The second kappa shape index (κ2) is 6.90. The number of Topliss-reactive ketones (excluding diaryl/α,β-unsaturated/α-hetero) is 1. The molecular weight excluding hydrogens is 275 g/mol. The first-order valence-corrected chi connectivity index (χ1v) is 6.03. The highest BCUT2D eigenvalue weighted by Crippen LogP contribution is 2.30. The molecule has 18 heavy (non-hydrogen) atoms. The summed E-state index contributed by atoms with van der Waals surface area (Å²) >= 11 is 0. The van der Waals surface area contributed by atoms with Gasteiger partial charge < -0.3 is 34.7 Å². The predicted octanol–water partition coefficient (Wildman–Crippen LogP) is -3.41. The van der Waals surface area contributed by atoms with Crippen molar-refractivity contribution in [2.75, 3.05) is 6.61 Å². The Morgan fingerprint density at radius 1 is 1.22 bits per heavy atom. The lowest BCUT2D eigenvalue weighted by atomic mass is 10.0. The van der Waals surface area contributed by atoms with E-state index in [9.17, 15) is 29.3 Å². The Labute approximate surface area is 101 Å². The van der Waals surface area contributed by atoms with Crippen molar-refractivity contribution in [1.29, 1.82) is 0 Å². The normalized spacial score (nSPS) is 19.6. The average Bonchev–Trinajstić information content (AvgIpc) is 2.23. The smallest absolute Gasteiger partial charge is 0.372 e. The van der Waals surface area contributed by atoms with E-state index in [0.717, 1.165) is 0 Å². The molecule has 0 spiro atoms. The zero-order valence-electron chi connectivity index (χ0n) is 8.87. The third kappa shape index (κ3) is 6.77. The summed E-state index contributed by atoms with van der Waals surface area (Å²) in [5, 5.41) is 35.8. The van der Waals surface area contributed by atoms with Crippen LogP contribution in [0.15, 0.2) is 0 Å². The number of rotatable bonds is 8. The third-order valence-corrected chi connectivity index (χ3v) is 2.31. The van der Waals surface area contributed by atoms with Crippen molar-refractivity contribution in [1.82, 2.24) is 0 Å². The van der Waals surface area contributed by atoms with Gasteiger partial charge in [0.2, 0.25) is 5.78 Å². The number of aliphatic hydroxyl groups is 3. The molecule has 0 aromatic heterocycles. The Kier molecular flexibility index (Phi) is 6.57. The van der Waals surface area contributed by atoms with E-state index < -0.39 is 50.9 Å². The number of phosphoric acid groups is 1. The summed E-state index contributed by atoms with van der Waals surface area (Å²) in [6, 6.07) is 0. The number of carboxylic acid groups (broad SMARTS) is 1. The van der Waals surface area contributed by atoms with Gasteiger partial charge in [-0.25, -0.2) is 4.79 Å². The van der Waals surface area contributed by atoms with E-state index >= 15 is 0 Å². The molecule has 0 rings (SSSR count). The summed E-state index contributed by atoms with van der Waals surface area (Å²) in [5.74, 6) is -3.22. The molecule has 106 valence electrons. The van der Waals surface area contributed by atoms with Crippen LogP contribution in [-0.4, -0.2) is 62.0 Å². The van der Waals surface area contributed by atoms with Crippen LogP contribution in [0.3, 0.4) is 0 Å². The SMILES string of the molecule is O=C(O)C(=O)CC(O)C(O)C(O)COP(=O)([O-])O. The molecule has 0 aliphatic rings. The second-order valence-electron chi connectivity index (χ2n) is 3.32. The summed E-state index contributed by atoms with van der Waals surface area (Å²) in [5.41, 5.74) is 0. The number of carboxylic acids is 1. The van der Waals surface area contributed by atoms with Crippen LogP contribution >= 0.6 is 7.82 Å². The molecule has 0 amide bonds. The maximum Gasteiger partial charge on any atom is 0.372 e. The number of ketones is 1. The summed E-state index contributed by atoms with van der Waals surface area (Å²) < 4.78 is 13.9. The molecule has 0 bridgehead atoms. The summed E-state index contributed by atoms with van der Waals surface area (Å²) in [6.07, 6.45) is -6.84. The van der Waals surface area contributed by atoms with Gasteiger partial charge in [0, 0.05) is 6.42 Å². The van der Waals surface area contributed by atoms with Crippen molar-refractivity contribution in [2.45, 2.75) is 24.7 Å². The van der Waals surface area contributed by atoms with E-state index in [1.807, 2.05) is 0 Å². The fraction of sp³-hybridized carbons (Fsp3) is 0.714. The first kappa shape index (κ1) is 17.1. The van der Waals surface area contributed by atoms with Crippen LogP contribution in [0.5, 0.6) is 0 Å². The van der Waals surface area contributed by atoms with Crippen LogP contribution in [-0.2, 0) is 18.7 Å². The number of aliphatic carboxylic acids is 1. The lowest BCUT2D eigenvalue weighted by Crippen LogP contribution is -2.41. The van der Waals surface area contributed by atoms with Gasteiger partial charge in [-0.2, -0.15) is 0 Å². The minimum absolute atomic E-state index is 0.971. The molecule has 0 aliphatic carbocycles. The minimum atomic E-state index is -5.10. The van der Waals surface area contributed by atoms with Gasteiger partial charge in [-0.05, 0) is 0 Å². The number of phosphoric ester groups is 1. The summed E-state index contributed by atoms with van der Waals surface area (Å²) in [7, 11) is -5.10. The monoisotopic (exact) mass is 287 g/mol. The van der Waals surface area contributed by atoms with Gasteiger partial charge in [-0.1, -0.05) is 0 Å². The van der Waals surface area contributed by atoms with Gasteiger partial charge in [-0.3, -0.25) is 9.36 Å². The largest absolute Gasteiger partial charge is 0.756 e. The molecule has 0 heterocycles. The van der Waals surface area contributed by atoms with Crippen LogP contribution in [0, 0.1) is 0 Å². The maximum absolute atomic E-state index is 10.7. The molecule has 0 radical (unpaired) electrons. The van der Waals surface area contributed by atoms with E-state index in [0.29, 0.717) is 0 Å². The zero-order chi connectivity index (χ0) is 14.5. The second-order valence-corrected chi connectivity index (χ2v) is 4.52. The van der Waals surface area contributed by atoms with Crippen LogP contribution < -0.4 is 4.89 Å². The highest BCUT2D eigenvalue weighted by Gasteiger charge is 2.29. The van der Waals surface area contributed by atoms with E-state index in [-0.39, 0.29) is 0 Å². The van der Waals surface area contributed by atoms with Gasteiger partial charge in [0.1, 0.15) is 12.2 Å². The minimum Gasteiger partial charge on any atom is -0.756 e. The van der Waals surface area contributed by atoms with Crippen molar-refractivity contribution in [2.24, 2.45) is 0 Å². The average molecular weight is 287 g/mol. The molecule has 0 fully saturated rings. The number of carbonyl (C=O) groups excluding carboxylic acids is 1. The molecule has 4 atom stereocenters. The van der Waals surface area contributed by atoms with Gasteiger partial charge in [0.25, 0.3) is 7.82 Å². The Hall–Kier alpha value is -0.870. The lowest BCUT2D eigenvalue weighted by molar-refractivity contribution is -0.223. The topological polar surface area (TPSA) is 185 Å². The van der Waals surface area contributed by atoms with Gasteiger partial charge in [0.05, 0.1) is 12.7 Å². The van der Waals surface area contributed by atoms with Gasteiger partial charge >= 0.3 is 5.97 Å². The first-order valence-electron chi connectivity index (χ1n) is 4.53. The number of hydrogen-bond acceptors (Lipinski definition) is 8. The Morgan fingerprint density at radius 3 is 2.11 bits per heavy atom. The molecular formula is C7H12O10P-. The third-order valence-electron chi connectivity index (χ3n) is 1.83. The fourth-order valence-corrected chi connectivity index (χ4v) is 1.26. The Balaban J connectivity index is 4.28. The van der Waals surface area contributed by atoms with E-state index in [1.54, 1.807) is 0 Å². The van der Waals surface area contributed by atoms with E-state index in [1.165, 1.54) is 0 Å². The molecule has 0 aromatic carbocycles. The van der Waals surface area contributed by atoms with E-state index in [4.69, 9.17) is 15.1 Å². The summed E-state index contributed by atoms with van der Waals surface area (Å²) in [4.78, 5) is 39.2. The molecule has 11 heteroatoms. The van der Waals surface area contributed by atoms with Crippen molar-refractivity contribution in [3.63, 3.8) is 0 Å². The zero-order valence-corrected chi connectivity index (χ0v) is 9.77. The number of carbonyl (C=O) groups is 2. The van der Waals surface area contributed by atoms with Crippen LogP contribution in [0.4, 0.5) is 0 Å². The van der Waals surface area contributed by atoms with E-state index in [2.05, 4.69) is 4.52 Å². The van der Waals surface area contributed by atoms with Crippen LogP contribution in [0.1, 0.15) is 6.42 Å². The lowest BCUT2D eigenvalue weighted by Gasteiger charge is -2.24. The fourth-order valence-electron chi connectivity index (χ4n) is 0.924. The number of hydrogen-bond donors (Lipinski definition) is 5. The predicted molar refractivity (Wildman–Crippen MR) is 51.1 cm³/mol. The van der Waals surface area contributed by atoms with Crippen molar-refractivity contribution >= 4 is 19.6 Å². The quantitative estimate of drug-likeness (QED) is 0.222. The first-order chi connectivity index (χ1) is 8.04. The standard InChI is InChI=1S/C7H13O10P/c8-3(1-4(9)7(12)13)6(11)5(10)2-17-18(14,15)16/h3,5-6,8,10-11H,1-2H2,(H,12,13)(H2,14,15,16)/p-1. The Morgan fingerprint density at radius 2 is 1.72 bits per heavy atom. The van der Waals surface area contributed by atoms with Crippen molar-refractivity contribution in [3.05, 3.63) is 0 Å². The van der Waals surface area contributed by atoms with Crippen molar-refractivity contribution in [3.8, 4) is 0 Å². The summed E-state index contributed by atoms with van der Waals surface area (Å²) in [6.45, 7) is -1.06.